The third kappa shape index (κ3) is 3.89. The Kier molecular flexibility index (Phi) is 5.17. The molecule has 4 rings (SSSR count). The summed E-state index contributed by atoms with van der Waals surface area (Å²) in [6.07, 6.45) is 3.78. The number of carbonyl (C=O) groups excluding carboxylic acids is 1. The van der Waals surface area contributed by atoms with Crippen molar-refractivity contribution in [2.75, 3.05) is 44.7 Å². The minimum atomic E-state index is -0.0211. The van der Waals surface area contributed by atoms with Gasteiger partial charge in [0.15, 0.2) is 0 Å². The Labute approximate surface area is 153 Å². The zero-order valence-electron chi connectivity index (χ0n) is 14.9. The average Bonchev–Trinajstić information content (AvgIpc) is 3.24. The lowest BCUT2D eigenvalue weighted by atomic mass is 10.0. The van der Waals surface area contributed by atoms with Crippen LogP contribution in [0.2, 0.25) is 0 Å². The standard InChI is InChI=1S/C19H25N5O2/c25-19(21-16-3-1-2-15(14-16)18-4-7-20-22-18)24-8-5-17(6-9-24)23-10-12-26-13-11-23/h1-4,7,14,17H,5-6,8-13H2,(H,20,22)(H,21,25). The molecular formula is C19H25N5O2. The topological polar surface area (TPSA) is 73.5 Å². The lowest BCUT2D eigenvalue weighted by Gasteiger charge is -2.40. The van der Waals surface area contributed by atoms with Crippen LogP contribution in [0.25, 0.3) is 11.3 Å². The van der Waals surface area contributed by atoms with Gasteiger partial charge in [0.25, 0.3) is 0 Å². The first-order valence-corrected chi connectivity index (χ1v) is 9.27. The Bertz CT molecular complexity index is 719. The van der Waals surface area contributed by atoms with Crippen LogP contribution in [0.4, 0.5) is 10.5 Å². The Morgan fingerprint density at radius 3 is 2.69 bits per heavy atom. The van der Waals surface area contributed by atoms with Crippen LogP contribution in [0.3, 0.4) is 0 Å². The molecule has 0 bridgehead atoms. The number of rotatable bonds is 3. The van der Waals surface area contributed by atoms with Gasteiger partial charge in [0.2, 0.25) is 0 Å². The van der Waals surface area contributed by atoms with E-state index in [0.717, 1.165) is 69.2 Å². The molecule has 1 aromatic heterocycles. The zero-order chi connectivity index (χ0) is 17.8. The molecule has 0 unspecified atom stereocenters. The lowest BCUT2D eigenvalue weighted by molar-refractivity contribution is 0.00419. The van der Waals surface area contributed by atoms with Crippen molar-refractivity contribution in [1.29, 1.82) is 0 Å². The molecule has 1 aromatic carbocycles. The van der Waals surface area contributed by atoms with Crippen LogP contribution in [-0.2, 0) is 4.74 Å². The Hall–Kier alpha value is -2.38. The number of morpholine rings is 1. The molecule has 0 atom stereocenters. The molecule has 2 N–H and O–H groups in total. The number of hydrogen-bond acceptors (Lipinski definition) is 4. The van der Waals surface area contributed by atoms with Crippen LogP contribution in [0.1, 0.15) is 12.8 Å². The maximum absolute atomic E-state index is 12.6. The molecule has 2 aliphatic rings. The van der Waals surface area contributed by atoms with E-state index in [1.807, 2.05) is 35.2 Å². The molecule has 138 valence electrons. The van der Waals surface area contributed by atoms with Gasteiger partial charge in [0.05, 0.1) is 18.9 Å². The molecule has 7 heteroatoms. The van der Waals surface area contributed by atoms with Crippen LogP contribution in [0.5, 0.6) is 0 Å². The second-order valence-corrected chi connectivity index (χ2v) is 6.85. The van der Waals surface area contributed by atoms with Crippen molar-refractivity contribution >= 4 is 11.7 Å². The maximum Gasteiger partial charge on any atom is 0.321 e. The first kappa shape index (κ1) is 17.1. The predicted octanol–water partition coefficient (Wildman–Crippen LogP) is 2.41. The van der Waals surface area contributed by atoms with E-state index in [4.69, 9.17) is 4.74 Å². The average molecular weight is 355 g/mol. The van der Waals surface area contributed by atoms with E-state index in [0.29, 0.717) is 6.04 Å². The second-order valence-electron chi connectivity index (χ2n) is 6.85. The molecule has 2 saturated heterocycles. The van der Waals surface area contributed by atoms with Gasteiger partial charge in [-0.2, -0.15) is 5.10 Å². The molecule has 2 fully saturated rings. The van der Waals surface area contributed by atoms with Crippen LogP contribution in [0.15, 0.2) is 36.5 Å². The predicted molar refractivity (Wildman–Crippen MR) is 100 cm³/mol. The highest BCUT2D eigenvalue weighted by Gasteiger charge is 2.27. The molecule has 2 aromatic rings. The Balaban J connectivity index is 1.32. The summed E-state index contributed by atoms with van der Waals surface area (Å²) in [4.78, 5) is 17.0. The van der Waals surface area contributed by atoms with Gasteiger partial charge in [-0.1, -0.05) is 12.1 Å². The molecule has 7 nitrogen and oxygen atoms in total. The number of carbonyl (C=O) groups is 1. The number of hydrogen-bond donors (Lipinski definition) is 2. The van der Waals surface area contributed by atoms with Crippen molar-refractivity contribution in [2.45, 2.75) is 18.9 Å². The van der Waals surface area contributed by atoms with Crippen LogP contribution in [-0.4, -0.2) is 71.5 Å². The van der Waals surface area contributed by atoms with Crippen LogP contribution >= 0.6 is 0 Å². The minimum absolute atomic E-state index is 0.0211. The third-order valence-electron chi connectivity index (χ3n) is 5.24. The van der Waals surface area contributed by atoms with Crippen molar-refractivity contribution in [3.8, 4) is 11.3 Å². The van der Waals surface area contributed by atoms with Gasteiger partial charge in [-0.3, -0.25) is 10.00 Å². The summed E-state index contributed by atoms with van der Waals surface area (Å²) in [6.45, 7) is 5.28. The largest absolute Gasteiger partial charge is 0.379 e. The molecule has 0 aliphatic carbocycles. The fourth-order valence-corrected chi connectivity index (χ4v) is 3.76. The fraction of sp³-hybridized carbons (Fsp3) is 0.474. The number of H-pyrrole nitrogens is 1. The Morgan fingerprint density at radius 2 is 1.96 bits per heavy atom. The quantitative estimate of drug-likeness (QED) is 0.887. The molecule has 0 radical (unpaired) electrons. The summed E-state index contributed by atoms with van der Waals surface area (Å²) < 4.78 is 5.43. The van der Waals surface area contributed by atoms with E-state index in [1.54, 1.807) is 6.20 Å². The van der Waals surface area contributed by atoms with Gasteiger partial charge in [-0.05, 0) is 31.0 Å². The number of nitrogens with zero attached hydrogens (tertiary/aromatic N) is 3. The van der Waals surface area contributed by atoms with Gasteiger partial charge in [-0.25, -0.2) is 4.79 Å². The molecular weight excluding hydrogens is 330 g/mol. The highest BCUT2D eigenvalue weighted by Crippen LogP contribution is 2.22. The Morgan fingerprint density at radius 1 is 1.15 bits per heavy atom. The number of aromatic amines is 1. The van der Waals surface area contributed by atoms with E-state index in [1.165, 1.54) is 0 Å². The van der Waals surface area contributed by atoms with Gasteiger partial charge in [-0.15, -0.1) is 0 Å². The van der Waals surface area contributed by atoms with Crippen molar-refractivity contribution in [2.24, 2.45) is 0 Å². The summed E-state index contributed by atoms with van der Waals surface area (Å²) in [5, 5.41) is 9.95. The van der Waals surface area contributed by atoms with Gasteiger partial charge in [0.1, 0.15) is 0 Å². The SMILES string of the molecule is O=C(Nc1cccc(-c2ccn[nH]2)c1)N1CCC(N2CCOCC2)CC1. The molecule has 0 saturated carbocycles. The number of amides is 2. The summed E-state index contributed by atoms with van der Waals surface area (Å²) in [5.41, 5.74) is 2.75. The van der Waals surface area contributed by atoms with E-state index < -0.39 is 0 Å². The first-order chi connectivity index (χ1) is 12.8. The highest BCUT2D eigenvalue weighted by atomic mass is 16.5. The summed E-state index contributed by atoms with van der Waals surface area (Å²) in [5.74, 6) is 0. The van der Waals surface area contributed by atoms with Crippen molar-refractivity contribution < 1.29 is 9.53 Å². The number of benzene rings is 1. The number of urea groups is 1. The monoisotopic (exact) mass is 355 g/mol. The van der Waals surface area contributed by atoms with E-state index >= 15 is 0 Å². The highest BCUT2D eigenvalue weighted by molar-refractivity contribution is 5.90. The summed E-state index contributed by atoms with van der Waals surface area (Å²) in [6, 6.07) is 10.3. The molecule has 0 spiro atoms. The van der Waals surface area contributed by atoms with Crippen molar-refractivity contribution in [3.63, 3.8) is 0 Å². The minimum Gasteiger partial charge on any atom is -0.379 e. The number of aromatic nitrogens is 2. The van der Waals surface area contributed by atoms with Gasteiger partial charge >= 0.3 is 6.03 Å². The normalized spacial score (nSPS) is 19.5. The van der Waals surface area contributed by atoms with Crippen molar-refractivity contribution in [3.05, 3.63) is 36.5 Å². The lowest BCUT2D eigenvalue weighted by Crippen LogP contribution is -2.50. The van der Waals surface area contributed by atoms with Gasteiger partial charge < -0.3 is 15.0 Å². The van der Waals surface area contributed by atoms with Crippen LogP contribution < -0.4 is 5.32 Å². The smallest absolute Gasteiger partial charge is 0.321 e. The maximum atomic E-state index is 12.6. The number of likely N-dealkylation sites (tertiary alicyclic amines) is 1. The zero-order valence-corrected chi connectivity index (χ0v) is 14.9. The number of ether oxygens (including phenoxy) is 1. The fourth-order valence-electron chi connectivity index (χ4n) is 3.76. The van der Waals surface area contributed by atoms with Crippen LogP contribution in [0, 0.1) is 0 Å². The van der Waals surface area contributed by atoms with E-state index in [2.05, 4.69) is 20.4 Å². The van der Waals surface area contributed by atoms with Gasteiger partial charge in [0, 0.05) is 49.7 Å². The molecule has 2 aliphatic heterocycles. The molecule has 26 heavy (non-hydrogen) atoms. The first-order valence-electron chi connectivity index (χ1n) is 9.27. The summed E-state index contributed by atoms with van der Waals surface area (Å²) >= 11 is 0. The van der Waals surface area contributed by atoms with E-state index in [-0.39, 0.29) is 6.03 Å². The number of piperidine rings is 1. The van der Waals surface area contributed by atoms with E-state index in [9.17, 15) is 4.79 Å². The number of nitrogens with one attached hydrogen (secondary N) is 2. The second kappa shape index (κ2) is 7.88. The molecule has 3 heterocycles. The van der Waals surface area contributed by atoms with Crippen molar-refractivity contribution in [1.82, 2.24) is 20.0 Å². The summed E-state index contributed by atoms with van der Waals surface area (Å²) in [7, 11) is 0. The molecule has 2 amide bonds. The third-order valence-corrected chi connectivity index (χ3v) is 5.24. The number of anilines is 1.